The minimum atomic E-state index is -4.14. The smallest absolute Gasteiger partial charge is 0.368 e. The predicted octanol–water partition coefficient (Wildman–Crippen LogP) is 1.26. The molecule has 0 aromatic rings. The van der Waals surface area contributed by atoms with Gasteiger partial charge in [-0.3, -0.25) is 13.9 Å². The van der Waals surface area contributed by atoms with Gasteiger partial charge in [-0.1, -0.05) is 0 Å². The molecule has 0 bridgehead atoms. The van der Waals surface area contributed by atoms with E-state index in [-0.39, 0.29) is 6.16 Å². The van der Waals surface area contributed by atoms with E-state index in [1.165, 1.54) is 0 Å². The summed E-state index contributed by atoms with van der Waals surface area (Å²) in [4.78, 5) is 10.3. The molecule has 17 heavy (non-hydrogen) atoms. The summed E-state index contributed by atoms with van der Waals surface area (Å²) in [7, 11) is -5.17. The SMILES string of the molecule is COP(=O)(CCOP(=O)(CC(=O)O)OO)OC. The van der Waals surface area contributed by atoms with Gasteiger partial charge in [0.05, 0.1) is 12.8 Å². The largest absolute Gasteiger partial charge is 0.481 e. The van der Waals surface area contributed by atoms with Crippen molar-refractivity contribution in [2.45, 2.75) is 0 Å². The van der Waals surface area contributed by atoms with Gasteiger partial charge in [-0.05, 0) is 0 Å². The Bertz CT molecular complexity index is 332. The van der Waals surface area contributed by atoms with E-state index >= 15 is 0 Å². The quantitative estimate of drug-likeness (QED) is 0.366. The average molecular weight is 292 g/mol. The molecule has 1 atom stereocenters. The zero-order valence-electron chi connectivity index (χ0n) is 9.27. The van der Waals surface area contributed by atoms with Crippen LogP contribution in [0.1, 0.15) is 0 Å². The number of carboxylic acids is 1. The van der Waals surface area contributed by atoms with Gasteiger partial charge in [-0.25, -0.2) is 5.26 Å². The van der Waals surface area contributed by atoms with Crippen molar-refractivity contribution in [1.82, 2.24) is 0 Å². The van der Waals surface area contributed by atoms with Crippen molar-refractivity contribution in [3.63, 3.8) is 0 Å². The highest BCUT2D eigenvalue weighted by atomic mass is 31.2. The maximum absolute atomic E-state index is 11.5. The Morgan fingerprint density at radius 1 is 1.18 bits per heavy atom. The van der Waals surface area contributed by atoms with Crippen LogP contribution in [-0.4, -0.2) is 49.5 Å². The van der Waals surface area contributed by atoms with Crippen LogP contribution in [0.5, 0.6) is 0 Å². The lowest BCUT2D eigenvalue weighted by Crippen LogP contribution is -2.10. The number of carbonyl (C=O) groups is 1. The molecule has 0 amide bonds. The van der Waals surface area contributed by atoms with Crippen LogP contribution >= 0.6 is 15.2 Å². The summed E-state index contributed by atoms with van der Waals surface area (Å²) >= 11 is 0. The fraction of sp³-hybridized carbons (Fsp3) is 0.833. The Hall–Kier alpha value is -0.270. The van der Waals surface area contributed by atoms with E-state index in [0.717, 1.165) is 14.2 Å². The normalized spacial score (nSPS) is 15.5. The lowest BCUT2D eigenvalue weighted by Gasteiger charge is -2.16. The predicted molar refractivity (Wildman–Crippen MR) is 56.3 cm³/mol. The lowest BCUT2D eigenvalue weighted by molar-refractivity contribution is -0.152. The third-order valence-corrected chi connectivity index (χ3v) is 4.99. The highest BCUT2D eigenvalue weighted by Crippen LogP contribution is 2.50. The van der Waals surface area contributed by atoms with Crippen LogP contribution in [0, 0.1) is 0 Å². The van der Waals surface area contributed by atoms with Crippen molar-refractivity contribution >= 4 is 21.2 Å². The van der Waals surface area contributed by atoms with Crippen LogP contribution in [0.25, 0.3) is 0 Å². The van der Waals surface area contributed by atoms with E-state index < -0.39 is 33.9 Å². The molecular formula is C6H14O9P2. The maximum Gasteiger partial charge on any atom is 0.368 e. The molecule has 2 N–H and O–H groups in total. The Kier molecular flexibility index (Phi) is 7.11. The lowest BCUT2D eigenvalue weighted by atomic mass is 10.8. The maximum atomic E-state index is 11.5. The molecule has 0 aliphatic carbocycles. The molecule has 0 spiro atoms. The molecule has 9 nitrogen and oxygen atoms in total. The van der Waals surface area contributed by atoms with E-state index in [0.29, 0.717) is 0 Å². The van der Waals surface area contributed by atoms with Gasteiger partial charge in [-0.2, -0.15) is 4.67 Å². The van der Waals surface area contributed by atoms with Crippen molar-refractivity contribution < 1.29 is 42.5 Å². The van der Waals surface area contributed by atoms with E-state index in [2.05, 4.69) is 18.2 Å². The molecule has 0 saturated carbocycles. The first-order chi connectivity index (χ1) is 7.81. The van der Waals surface area contributed by atoms with Crippen LogP contribution in [0.2, 0.25) is 0 Å². The van der Waals surface area contributed by atoms with Crippen molar-refractivity contribution in [2.75, 3.05) is 33.2 Å². The first-order valence-corrected chi connectivity index (χ1v) is 7.75. The Balaban J connectivity index is 4.30. The number of rotatable bonds is 9. The van der Waals surface area contributed by atoms with Crippen molar-refractivity contribution in [3.05, 3.63) is 0 Å². The monoisotopic (exact) mass is 292 g/mol. The van der Waals surface area contributed by atoms with Crippen LogP contribution < -0.4 is 0 Å². The minimum absolute atomic E-state index is 0.257. The van der Waals surface area contributed by atoms with E-state index in [4.69, 9.17) is 10.4 Å². The van der Waals surface area contributed by atoms with Gasteiger partial charge in [0.2, 0.25) is 0 Å². The molecule has 0 aromatic carbocycles. The molecule has 0 aliphatic heterocycles. The molecule has 0 fully saturated rings. The molecule has 11 heteroatoms. The topological polar surface area (TPSA) is 129 Å². The molecule has 1 unspecified atom stereocenters. The van der Waals surface area contributed by atoms with Gasteiger partial charge in [0.15, 0.2) is 0 Å². The van der Waals surface area contributed by atoms with Crippen molar-refractivity contribution in [2.24, 2.45) is 0 Å². The van der Waals surface area contributed by atoms with Crippen LogP contribution in [-0.2, 0) is 32.2 Å². The molecule has 0 aliphatic rings. The number of hydrogen-bond acceptors (Lipinski definition) is 8. The second-order valence-electron chi connectivity index (χ2n) is 2.78. The number of hydrogen-bond donors (Lipinski definition) is 2. The number of carboxylic acid groups (broad SMARTS) is 1. The van der Waals surface area contributed by atoms with E-state index in [1.54, 1.807) is 0 Å². The Morgan fingerprint density at radius 3 is 2.06 bits per heavy atom. The fourth-order valence-corrected chi connectivity index (χ4v) is 2.68. The second-order valence-corrected chi connectivity index (χ2v) is 7.14. The highest BCUT2D eigenvalue weighted by molar-refractivity contribution is 7.55. The molecule has 0 radical (unpaired) electrons. The third kappa shape index (κ3) is 6.28. The third-order valence-electron chi connectivity index (χ3n) is 1.66. The highest BCUT2D eigenvalue weighted by Gasteiger charge is 2.30. The zero-order valence-corrected chi connectivity index (χ0v) is 11.1. The van der Waals surface area contributed by atoms with Gasteiger partial charge in [-0.15, -0.1) is 0 Å². The summed E-state index contributed by atoms with van der Waals surface area (Å²) in [5, 5.41) is 16.7. The number of aliphatic carboxylic acids is 1. The standard InChI is InChI=1S/C6H14O9P2/c1-12-16(10,13-2)4-3-14-17(11,15-9)5-6(7)8/h9H,3-5H2,1-2H3,(H,7,8). The van der Waals surface area contributed by atoms with E-state index in [9.17, 15) is 13.9 Å². The summed E-state index contributed by atoms with van der Waals surface area (Å²) < 4.78 is 40.1. The Labute approximate surface area is 97.6 Å². The van der Waals surface area contributed by atoms with Crippen molar-refractivity contribution in [1.29, 1.82) is 0 Å². The first kappa shape index (κ1) is 16.7. The average Bonchev–Trinajstić information content (AvgIpc) is 2.28. The van der Waals surface area contributed by atoms with Crippen LogP contribution in [0.15, 0.2) is 0 Å². The van der Waals surface area contributed by atoms with E-state index in [1.807, 2.05) is 0 Å². The van der Waals surface area contributed by atoms with Gasteiger partial charge in [0, 0.05) is 14.2 Å². The second kappa shape index (κ2) is 7.23. The summed E-state index contributed by atoms with van der Waals surface area (Å²) in [6.45, 7) is -0.413. The fourth-order valence-electron chi connectivity index (χ4n) is 0.813. The van der Waals surface area contributed by atoms with Crippen LogP contribution in [0.4, 0.5) is 0 Å². The molecule has 102 valence electrons. The van der Waals surface area contributed by atoms with Crippen molar-refractivity contribution in [3.8, 4) is 0 Å². The van der Waals surface area contributed by atoms with Gasteiger partial charge in [0.25, 0.3) is 0 Å². The summed E-state index contributed by atoms with van der Waals surface area (Å²) in [6.07, 6.45) is -1.26. The molecule has 0 aromatic heterocycles. The first-order valence-electron chi connectivity index (χ1n) is 4.30. The van der Waals surface area contributed by atoms with Gasteiger partial charge >= 0.3 is 21.2 Å². The van der Waals surface area contributed by atoms with Gasteiger partial charge in [0.1, 0.15) is 6.16 Å². The minimum Gasteiger partial charge on any atom is -0.481 e. The summed E-state index contributed by atoms with van der Waals surface area (Å²) in [5.41, 5.74) is 0. The molecular weight excluding hydrogens is 278 g/mol. The molecule has 0 rings (SSSR count). The molecule has 0 heterocycles. The summed E-state index contributed by atoms with van der Waals surface area (Å²) in [6, 6.07) is 0. The zero-order chi connectivity index (χ0) is 13.5. The molecule has 0 saturated heterocycles. The van der Waals surface area contributed by atoms with Gasteiger partial charge < -0.3 is 18.7 Å². The summed E-state index contributed by atoms with van der Waals surface area (Å²) in [5.74, 6) is -1.47. The van der Waals surface area contributed by atoms with Crippen LogP contribution in [0.3, 0.4) is 0 Å². The Morgan fingerprint density at radius 2 is 1.71 bits per heavy atom.